The molecule has 40 heavy (non-hydrogen) atoms. The van der Waals surface area contributed by atoms with E-state index in [4.69, 9.17) is 16.3 Å². The lowest BCUT2D eigenvalue weighted by Gasteiger charge is -2.39. The summed E-state index contributed by atoms with van der Waals surface area (Å²) in [5, 5.41) is 3.45. The molecule has 1 amide bonds. The topological polar surface area (TPSA) is 159 Å². The second-order valence-electron chi connectivity index (χ2n) is 9.68. The van der Waals surface area contributed by atoms with Crippen LogP contribution in [0, 0.1) is 0 Å². The van der Waals surface area contributed by atoms with Gasteiger partial charge in [0, 0.05) is 59.7 Å². The van der Waals surface area contributed by atoms with Crippen LogP contribution in [0.4, 0.5) is 0 Å². The first kappa shape index (κ1) is 29.0. The Hall–Kier alpha value is -2.56. The first-order valence-corrected chi connectivity index (χ1v) is 17.1. The lowest BCUT2D eigenvalue weighted by atomic mass is 10.1. The van der Waals surface area contributed by atoms with Gasteiger partial charge in [0.1, 0.15) is 10.4 Å². The van der Waals surface area contributed by atoms with Gasteiger partial charge in [0.2, 0.25) is 0 Å². The van der Waals surface area contributed by atoms with Gasteiger partial charge in [0.25, 0.3) is 15.9 Å². The number of piperazine rings is 1. The number of fused-ring (bicyclic) bond motifs is 2. The number of sulfonamides is 1. The zero-order chi connectivity index (χ0) is 28.8. The standard InChI is InChI=1S/C24H28ClN5O7S3/c1-3-37-22(31)10-16-13-29(40(35,36)21-9-14-8-15(25)4-5-17(14)27-21)6-7-30(16)24(32)23-28-18-11-20(39(2,33)34)26-12-19(18)38-23/h4-5,8-9,16,20,26-27H,3,6-7,10-13H2,1-2H3. The van der Waals surface area contributed by atoms with Crippen molar-refractivity contribution in [2.24, 2.45) is 0 Å². The van der Waals surface area contributed by atoms with Gasteiger partial charge in [-0.05, 0) is 31.2 Å². The van der Waals surface area contributed by atoms with Gasteiger partial charge >= 0.3 is 5.97 Å². The second kappa shape index (κ2) is 11.0. The maximum absolute atomic E-state index is 13.6. The van der Waals surface area contributed by atoms with Gasteiger partial charge in [0.05, 0.1) is 24.8 Å². The molecule has 5 rings (SSSR count). The van der Waals surface area contributed by atoms with E-state index in [0.29, 0.717) is 21.6 Å². The number of sulfone groups is 1. The number of benzene rings is 1. The van der Waals surface area contributed by atoms with E-state index in [2.05, 4.69) is 15.3 Å². The van der Waals surface area contributed by atoms with Crippen molar-refractivity contribution in [1.29, 1.82) is 0 Å². The Labute approximate surface area is 240 Å². The Balaban J connectivity index is 1.39. The van der Waals surface area contributed by atoms with Crippen LogP contribution in [0.25, 0.3) is 10.9 Å². The molecule has 2 atom stereocenters. The van der Waals surface area contributed by atoms with Crippen molar-refractivity contribution in [3.63, 3.8) is 0 Å². The minimum Gasteiger partial charge on any atom is -0.466 e. The number of carbonyl (C=O) groups is 2. The number of H-pyrrole nitrogens is 1. The molecule has 1 fully saturated rings. The number of ether oxygens (including phenoxy) is 1. The number of thiazole rings is 1. The molecule has 2 aliphatic rings. The van der Waals surface area contributed by atoms with Crippen LogP contribution < -0.4 is 5.32 Å². The molecule has 0 saturated carbocycles. The van der Waals surface area contributed by atoms with Crippen molar-refractivity contribution < 1.29 is 31.2 Å². The number of hydrogen-bond acceptors (Lipinski definition) is 10. The van der Waals surface area contributed by atoms with Crippen LogP contribution in [0.15, 0.2) is 29.3 Å². The molecule has 0 radical (unpaired) electrons. The summed E-state index contributed by atoms with van der Waals surface area (Å²) in [7, 11) is -7.33. The number of rotatable bonds is 7. The minimum absolute atomic E-state index is 0.00627. The Morgan fingerprint density at radius 1 is 1.20 bits per heavy atom. The molecule has 16 heteroatoms. The van der Waals surface area contributed by atoms with E-state index in [1.54, 1.807) is 25.1 Å². The highest BCUT2D eigenvalue weighted by Gasteiger charge is 2.40. The van der Waals surface area contributed by atoms with Gasteiger partial charge < -0.3 is 14.6 Å². The Morgan fingerprint density at radius 2 is 1.98 bits per heavy atom. The molecule has 2 aromatic heterocycles. The van der Waals surface area contributed by atoms with Crippen LogP contribution in [0.3, 0.4) is 0 Å². The van der Waals surface area contributed by atoms with E-state index >= 15 is 0 Å². The summed E-state index contributed by atoms with van der Waals surface area (Å²) in [6.45, 7) is 2.00. The molecule has 0 spiro atoms. The monoisotopic (exact) mass is 629 g/mol. The molecule has 0 aliphatic carbocycles. The van der Waals surface area contributed by atoms with E-state index < -0.39 is 43.2 Å². The number of nitrogens with one attached hydrogen (secondary N) is 2. The third-order valence-corrected chi connectivity index (χ3v) is 11.4. The fourth-order valence-electron chi connectivity index (χ4n) is 4.91. The maximum atomic E-state index is 13.6. The molecule has 12 nitrogen and oxygen atoms in total. The number of aromatic nitrogens is 2. The third-order valence-electron chi connectivity index (χ3n) is 6.94. The number of amides is 1. The summed E-state index contributed by atoms with van der Waals surface area (Å²) in [6.07, 6.45) is 1.09. The summed E-state index contributed by atoms with van der Waals surface area (Å²) in [5.41, 5.74) is 1.16. The third kappa shape index (κ3) is 5.76. The summed E-state index contributed by atoms with van der Waals surface area (Å²) in [4.78, 5) is 35.7. The van der Waals surface area contributed by atoms with Crippen molar-refractivity contribution in [2.75, 3.05) is 32.5 Å². The molecule has 1 aromatic carbocycles. The average molecular weight is 630 g/mol. The summed E-state index contributed by atoms with van der Waals surface area (Å²) in [5.74, 6) is -0.995. The fraction of sp³-hybridized carbons (Fsp3) is 0.458. The quantitative estimate of drug-likeness (QED) is 0.371. The molecule has 3 aromatic rings. The predicted molar refractivity (Wildman–Crippen MR) is 149 cm³/mol. The number of halogens is 1. The molecule has 0 bridgehead atoms. The molecule has 2 aliphatic heterocycles. The van der Waals surface area contributed by atoms with E-state index in [1.165, 1.54) is 15.3 Å². The van der Waals surface area contributed by atoms with Crippen molar-refractivity contribution in [2.45, 2.75) is 42.8 Å². The molecular weight excluding hydrogens is 602 g/mol. The normalized spacial score (nSPS) is 20.4. The lowest BCUT2D eigenvalue weighted by Crippen LogP contribution is -2.57. The highest BCUT2D eigenvalue weighted by molar-refractivity contribution is 7.91. The van der Waals surface area contributed by atoms with Crippen LogP contribution in [-0.4, -0.2) is 91.8 Å². The predicted octanol–water partition coefficient (Wildman–Crippen LogP) is 1.76. The smallest absolute Gasteiger partial charge is 0.307 e. The summed E-state index contributed by atoms with van der Waals surface area (Å²) < 4.78 is 57.5. The first-order valence-electron chi connectivity index (χ1n) is 12.5. The second-order valence-corrected chi connectivity index (χ2v) is 15.3. The number of nitrogens with zero attached hydrogens (tertiary/aromatic N) is 3. The average Bonchev–Trinajstić information content (AvgIpc) is 3.52. The zero-order valence-electron chi connectivity index (χ0n) is 21.7. The molecule has 2 unspecified atom stereocenters. The highest BCUT2D eigenvalue weighted by Crippen LogP contribution is 2.29. The Bertz CT molecular complexity index is 1690. The van der Waals surface area contributed by atoms with E-state index in [1.807, 2.05) is 0 Å². The van der Waals surface area contributed by atoms with Crippen LogP contribution in [0.5, 0.6) is 0 Å². The van der Waals surface area contributed by atoms with Crippen LogP contribution in [-0.2, 0) is 42.4 Å². The molecule has 4 heterocycles. The largest absolute Gasteiger partial charge is 0.466 e. The Kier molecular flexibility index (Phi) is 7.98. The number of carbonyl (C=O) groups excluding carboxylic acids is 2. The van der Waals surface area contributed by atoms with Gasteiger partial charge in [-0.1, -0.05) is 11.6 Å². The molecule has 2 N–H and O–H groups in total. The van der Waals surface area contributed by atoms with Crippen molar-refractivity contribution in [1.82, 2.24) is 24.5 Å². The van der Waals surface area contributed by atoms with Crippen LogP contribution in [0.1, 0.15) is 33.7 Å². The van der Waals surface area contributed by atoms with Crippen LogP contribution in [0.2, 0.25) is 5.02 Å². The Morgan fingerprint density at radius 3 is 2.70 bits per heavy atom. The lowest BCUT2D eigenvalue weighted by molar-refractivity contribution is -0.144. The molecule has 216 valence electrons. The zero-order valence-corrected chi connectivity index (χ0v) is 24.9. The van der Waals surface area contributed by atoms with Gasteiger partial charge in [-0.3, -0.25) is 14.9 Å². The van der Waals surface area contributed by atoms with Gasteiger partial charge in [-0.25, -0.2) is 21.8 Å². The van der Waals surface area contributed by atoms with E-state index in [9.17, 15) is 26.4 Å². The molecular formula is C24H28ClN5O7S3. The van der Waals surface area contributed by atoms with Gasteiger partial charge in [0.15, 0.2) is 14.8 Å². The SMILES string of the molecule is CCOC(=O)CC1CN(S(=O)(=O)c2cc3cc(Cl)ccc3[nH]2)CCN1C(=O)c1nc2c(s1)CNC(S(C)(=O)=O)C2. The minimum atomic E-state index is -3.99. The number of aromatic amines is 1. The van der Waals surface area contributed by atoms with Crippen molar-refractivity contribution in [3.05, 3.63) is 44.9 Å². The van der Waals surface area contributed by atoms with Crippen molar-refractivity contribution in [3.8, 4) is 0 Å². The fourth-order valence-corrected chi connectivity index (χ4v) is 8.41. The van der Waals surface area contributed by atoms with Gasteiger partial charge in [-0.2, -0.15) is 4.31 Å². The van der Waals surface area contributed by atoms with E-state index in [-0.39, 0.29) is 55.7 Å². The van der Waals surface area contributed by atoms with Crippen LogP contribution >= 0.6 is 22.9 Å². The first-order chi connectivity index (χ1) is 18.9. The number of esters is 1. The van der Waals surface area contributed by atoms with E-state index in [0.717, 1.165) is 22.5 Å². The summed E-state index contributed by atoms with van der Waals surface area (Å²) >= 11 is 7.22. The summed E-state index contributed by atoms with van der Waals surface area (Å²) in [6, 6.07) is 5.72. The maximum Gasteiger partial charge on any atom is 0.307 e. The van der Waals surface area contributed by atoms with Gasteiger partial charge in [-0.15, -0.1) is 11.3 Å². The highest BCUT2D eigenvalue weighted by atomic mass is 35.5. The number of hydrogen-bond donors (Lipinski definition) is 2. The molecule has 1 saturated heterocycles. The van der Waals surface area contributed by atoms with Crippen molar-refractivity contribution >= 4 is 65.6 Å².